The molecule has 1 aromatic carbocycles. The third kappa shape index (κ3) is 3.31. The van der Waals surface area contributed by atoms with Gasteiger partial charge >= 0.3 is 0 Å². The third-order valence-electron chi connectivity index (χ3n) is 3.76. The molecule has 1 atom stereocenters. The van der Waals surface area contributed by atoms with E-state index in [1.54, 1.807) is 6.92 Å². The molecule has 0 saturated heterocycles. The summed E-state index contributed by atoms with van der Waals surface area (Å²) in [7, 11) is 0. The van der Waals surface area contributed by atoms with Crippen LogP contribution in [0, 0.1) is 12.8 Å². The molecule has 0 heterocycles. The van der Waals surface area contributed by atoms with Gasteiger partial charge in [0.2, 0.25) is 5.91 Å². The van der Waals surface area contributed by atoms with Crippen molar-refractivity contribution in [1.82, 2.24) is 0 Å². The standard InChI is InChI=1S/C16H24N2O2/c1-4-9-20-14-10-11(2)5-8-13(14)18-15(19)16(3,17)12-6-7-12/h5,8,10,12H,4,6-7,9,17H2,1-3H3,(H,18,19). The van der Waals surface area contributed by atoms with E-state index in [2.05, 4.69) is 12.2 Å². The maximum Gasteiger partial charge on any atom is 0.244 e. The average molecular weight is 276 g/mol. The molecule has 3 N–H and O–H groups in total. The number of carbonyl (C=O) groups excluding carboxylic acids is 1. The second-order valence-corrected chi connectivity index (χ2v) is 5.86. The van der Waals surface area contributed by atoms with Gasteiger partial charge in [-0.3, -0.25) is 4.79 Å². The van der Waals surface area contributed by atoms with Gasteiger partial charge in [0.1, 0.15) is 5.75 Å². The van der Waals surface area contributed by atoms with Crippen LogP contribution >= 0.6 is 0 Å². The van der Waals surface area contributed by atoms with E-state index in [9.17, 15) is 4.79 Å². The Kier molecular flexibility index (Phi) is 4.33. The average Bonchev–Trinajstić information content (AvgIpc) is 3.23. The summed E-state index contributed by atoms with van der Waals surface area (Å²) in [5.41, 5.74) is 7.15. The Bertz CT molecular complexity index is 493. The molecule has 0 radical (unpaired) electrons. The third-order valence-corrected chi connectivity index (χ3v) is 3.76. The van der Waals surface area contributed by atoms with Gasteiger partial charge in [-0.15, -0.1) is 0 Å². The van der Waals surface area contributed by atoms with E-state index in [0.29, 0.717) is 24.0 Å². The number of nitrogens with one attached hydrogen (secondary N) is 1. The van der Waals surface area contributed by atoms with Crippen molar-refractivity contribution in [3.63, 3.8) is 0 Å². The van der Waals surface area contributed by atoms with Gasteiger partial charge in [-0.25, -0.2) is 0 Å². The Hall–Kier alpha value is -1.55. The highest BCUT2D eigenvalue weighted by atomic mass is 16.5. The highest BCUT2D eigenvalue weighted by Crippen LogP contribution is 2.39. The number of amides is 1. The maximum atomic E-state index is 12.3. The summed E-state index contributed by atoms with van der Waals surface area (Å²) < 4.78 is 5.70. The van der Waals surface area contributed by atoms with Crippen molar-refractivity contribution in [2.75, 3.05) is 11.9 Å². The van der Waals surface area contributed by atoms with E-state index in [1.807, 2.05) is 25.1 Å². The van der Waals surface area contributed by atoms with Gasteiger partial charge in [0.05, 0.1) is 17.8 Å². The van der Waals surface area contributed by atoms with Crippen molar-refractivity contribution in [3.8, 4) is 5.75 Å². The van der Waals surface area contributed by atoms with Crippen molar-refractivity contribution in [3.05, 3.63) is 23.8 Å². The minimum atomic E-state index is -0.799. The number of rotatable bonds is 6. The van der Waals surface area contributed by atoms with Crippen LogP contribution in [0.3, 0.4) is 0 Å². The molecule has 1 fully saturated rings. The second kappa shape index (κ2) is 5.83. The van der Waals surface area contributed by atoms with Crippen LogP contribution in [0.15, 0.2) is 18.2 Å². The van der Waals surface area contributed by atoms with E-state index >= 15 is 0 Å². The molecular weight excluding hydrogens is 252 g/mol. The fourth-order valence-corrected chi connectivity index (χ4v) is 2.19. The van der Waals surface area contributed by atoms with Crippen molar-refractivity contribution in [1.29, 1.82) is 0 Å². The van der Waals surface area contributed by atoms with Gasteiger partial charge in [-0.2, -0.15) is 0 Å². The SMILES string of the molecule is CCCOc1cc(C)ccc1NC(=O)C(C)(N)C1CC1. The minimum absolute atomic E-state index is 0.134. The Morgan fingerprint density at radius 2 is 2.20 bits per heavy atom. The molecule has 2 rings (SSSR count). The van der Waals surface area contributed by atoms with Crippen LogP contribution in [0.4, 0.5) is 5.69 Å². The fourth-order valence-electron chi connectivity index (χ4n) is 2.19. The van der Waals surface area contributed by atoms with Crippen molar-refractivity contribution >= 4 is 11.6 Å². The Balaban J connectivity index is 2.13. The zero-order valence-corrected chi connectivity index (χ0v) is 12.5. The zero-order chi connectivity index (χ0) is 14.8. The number of aryl methyl sites for hydroxylation is 1. The first-order valence-electron chi connectivity index (χ1n) is 7.29. The molecule has 1 aliphatic rings. The molecule has 1 saturated carbocycles. The van der Waals surface area contributed by atoms with Crippen LogP contribution in [0.1, 0.15) is 38.7 Å². The molecular formula is C16H24N2O2. The van der Waals surface area contributed by atoms with E-state index in [0.717, 1.165) is 24.8 Å². The topological polar surface area (TPSA) is 64.3 Å². The molecule has 0 spiro atoms. The zero-order valence-electron chi connectivity index (χ0n) is 12.5. The Morgan fingerprint density at radius 3 is 2.80 bits per heavy atom. The van der Waals surface area contributed by atoms with Gasteiger partial charge in [0.25, 0.3) is 0 Å². The van der Waals surface area contributed by atoms with E-state index in [4.69, 9.17) is 10.5 Å². The fraction of sp³-hybridized carbons (Fsp3) is 0.562. The number of ether oxygens (including phenoxy) is 1. The number of nitrogens with two attached hydrogens (primary N) is 1. The van der Waals surface area contributed by atoms with E-state index in [1.165, 1.54) is 0 Å². The van der Waals surface area contributed by atoms with E-state index < -0.39 is 5.54 Å². The van der Waals surface area contributed by atoms with Gasteiger partial charge < -0.3 is 15.8 Å². The summed E-state index contributed by atoms with van der Waals surface area (Å²) in [6.45, 7) is 6.50. The minimum Gasteiger partial charge on any atom is -0.491 e. The molecule has 4 heteroatoms. The van der Waals surface area contributed by atoms with Crippen molar-refractivity contribution in [2.45, 2.75) is 45.6 Å². The first-order valence-corrected chi connectivity index (χ1v) is 7.29. The van der Waals surface area contributed by atoms with Crippen LogP contribution in [0.2, 0.25) is 0 Å². The molecule has 1 aromatic rings. The first-order chi connectivity index (χ1) is 9.45. The summed E-state index contributed by atoms with van der Waals surface area (Å²) in [5.74, 6) is 0.880. The smallest absolute Gasteiger partial charge is 0.244 e. The number of anilines is 1. The summed E-state index contributed by atoms with van der Waals surface area (Å²) >= 11 is 0. The summed E-state index contributed by atoms with van der Waals surface area (Å²) in [6, 6.07) is 5.77. The van der Waals surface area contributed by atoms with Gasteiger partial charge in [0, 0.05) is 0 Å². The van der Waals surface area contributed by atoms with Crippen LogP contribution in [0.25, 0.3) is 0 Å². The van der Waals surface area contributed by atoms with Crippen molar-refractivity contribution < 1.29 is 9.53 Å². The van der Waals surface area contributed by atoms with Crippen molar-refractivity contribution in [2.24, 2.45) is 11.7 Å². The lowest BCUT2D eigenvalue weighted by atomic mass is 9.96. The lowest BCUT2D eigenvalue weighted by Crippen LogP contribution is -2.50. The Labute approximate surface area is 120 Å². The number of hydrogen-bond donors (Lipinski definition) is 2. The molecule has 20 heavy (non-hydrogen) atoms. The first kappa shape index (κ1) is 14.9. The highest BCUT2D eigenvalue weighted by molar-refractivity contribution is 5.99. The monoisotopic (exact) mass is 276 g/mol. The Morgan fingerprint density at radius 1 is 1.50 bits per heavy atom. The molecule has 0 bridgehead atoms. The van der Waals surface area contributed by atoms with Crippen LogP contribution < -0.4 is 15.8 Å². The molecule has 1 aliphatic carbocycles. The largest absolute Gasteiger partial charge is 0.491 e. The maximum absolute atomic E-state index is 12.3. The van der Waals surface area contributed by atoms with Crippen LogP contribution in [0.5, 0.6) is 5.75 Å². The van der Waals surface area contributed by atoms with Crippen LogP contribution in [-0.4, -0.2) is 18.1 Å². The molecule has 0 aliphatic heterocycles. The van der Waals surface area contributed by atoms with Gasteiger partial charge in [-0.05, 0) is 56.7 Å². The van der Waals surface area contributed by atoms with Gasteiger partial charge in [-0.1, -0.05) is 13.0 Å². The molecule has 110 valence electrons. The lowest BCUT2D eigenvalue weighted by molar-refractivity contribution is -0.121. The summed E-state index contributed by atoms with van der Waals surface area (Å²) in [5, 5.41) is 2.92. The van der Waals surface area contributed by atoms with Crippen LogP contribution in [-0.2, 0) is 4.79 Å². The molecule has 4 nitrogen and oxygen atoms in total. The number of carbonyl (C=O) groups is 1. The second-order valence-electron chi connectivity index (χ2n) is 5.86. The number of hydrogen-bond acceptors (Lipinski definition) is 3. The quantitative estimate of drug-likeness (QED) is 0.839. The molecule has 1 amide bonds. The normalized spacial score (nSPS) is 17.4. The molecule has 0 aromatic heterocycles. The summed E-state index contributed by atoms with van der Waals surface area (Å²) in [6.07, 6.45) is 3.00. The number of benzene rings is 1. The summed E-state index contributed by atoms with van der Waals surface area (Å²) in [4.78, 5) is 12.3. The van der Waals surface area contributed by atoms with E-state index in [-0.39, 0.29) is 5.91 Å². The predicted molar refractivity (Wildman–Crippen MR) is 80.9 cm³/mol. The lowest BCUT2D eigenvalue weighted by Gasteiger charge is -2.24. The van der Waals surface area contributed by atoms with Gasteiger partial charge in [0.15, 0.2) is 0 Å². The molecule has 1 unspecified atom stereocenters. The predicted octanol–water partition coefficient (Wildman–Crippen LogP) is 2.85. The highest BCUT2D eigenvalue weighted by Gasteiger charge is 2.44.